The monoisotopic (exact) mass is 520 g/mol. The topological polar surface area (TPSA) is 0 Å². The largest absolute Gasteiger partial charge is 4.00 e. The van der Waals surface area contributed by atoms with E-state index in [0.717, 1.165) is 9.52 Å². The summed E-state index contributed by atoms with van der Waals surface area (Å²) >= 11 is 0. The molecule has 0 N–H and O–H groups in total. The molecule has 4 aromatic rings. The third-order valence-corrected chi connectivity index (χ3v) is 5.10. The van der Waals surface area contributed by atoms with Crippen molar-refractivity contribution in [3.63, 3.8) is 0 Å². The Balaban J connectivity index is 0. The Labute approximate surface area is 220 Å². The molecule has 0 aliphatic heterocycles. The maximum absolute atomic E-state index is 2.28. The molecule has 0 fully saturated rings. The van der Waals surface area contributed by atoms with Crippen LogP contribution in [0.4, 0.5) is 0 Å². The first kappa shape index (κ1) is 32.9. The van der Waals surface area contributed by atoms with Gasteiger partial charge in [-0.1, -0.05) is 77.9 Å². The Morgan fingerprint density at radius 2 is 0.969 bits per heavy atom. The van der Waals surface area contributed by atoms with Crippen LogP contribution in [0.2, 0.25) is 13.1 Å². The first-order valence-electron chi connectivity index (χ1n) is 10.7. The van der Waals surface area contributed by atoms with E-state index in [-0.39, 0.29) is 41.1 Å². The van der Waals surface area contributed by atoms with Crippen LogP contribution in [0.15, 0.2) is 60.7 Å². The average Bonchev–Trinajstić information content (AvgIpc) is 3.22. The fourth-order valence-electron chi connectivity index (χ4n) is 3.82. The van der Waals surface area contributed by atoms with Crippen molar-refractivity contribution in [3.8, 4) is 0 Å². The second kappa shape index (κ2) is 15.6. The van der Waals surface area contributed by atoms with Crippen LogP contribution in [-0.4, -0.2) is 9.52 Å². The Kier molecular flexibility index (Phi) is 16.0. The summed E-state index contributed by atoms with van der Waals surface area (Å²) in [5.74, 6) is 1.23. The maximum atomic E-state index is 2.28. The third kappa shape index (κ3) is 8.60. The minimum atomic E-state index is 0. The number of hydrogen-bond donors (Lipinski definition) is 0. The molecule has 170 valence electrons. The summed E-state index contributed by atoms with van der Waals surface area (Å²) in [5.41, 5.74) is 5.66. The second-order valence-electron chi connectivity index (χ2n) is 8.58. The van der Waals surface area contributed by atoms with Crippen molar-refractivity contribution >= 4 is 31.1 Å². The molecule has 0 atom stereocenters. The van der Waals surface area contributed by atoms with E-state index in [4.69, 9.17) is 0 Å². The van der Waals surface area contributed by atoms with Crippen LogP contribution >= 0.6 is 0 Å². The summed E-state index contributed by atoms with van der Waals surface area (Å²) in [5, 5.41) is 5.61. The molecule has 0 heterocycles. The van der Waals surface area contributed by atoms with Crippen molar-refractivity contribution in [2.45, 2.75) is 66.5 Å². The van der Waals surface area contributed by atoms with Gasteiger partial charge in [0, 0.05) is 9.52 Å². The Morgan fingerprint density at radius 3 is 1.25 bits per heavy atom. The molecule has 0 spiro atoms. The van der Waals surface area contributed by atoms with Gasteiger partial charge in [0.25, 0.3) is 0 Å². The molecule has 32 heavy (non-hydrogen) atoms. The quantitative estimate of drug-likeness (QED) is 0.182. The minimum Gasteiger partial charge on any atom is -0.358 e. The third-order valence-electron chi connectivity index (χ3n) is 5.10. The second-order valence-corrected chi connectivity index (χ2v) is 9.58. The van der Waals surface area contributed by atoms with Gasteiger partial charge in [-0.25, -0.2) is 0 Å². The molecule has 2 radical (unpaired) electrons. The predicted molar refractivity (Wildman–Crippen MR) is 147 cm³/mol. The minimum absolute atomic E-state index is 0. The zero-order chi connectivity index (χ0) is 21.6. The number of aryl methyl sites for hydroxylation is 2. The van der Waals surface area contributed by atoms with Crippen LogP contribution < -0.4 is 0 Å². The van der Waals surface area contributed by atoms with Gasteiger partial charge in [0.1, 0.15) is 0 Å². The first-order chi connectivity index (χ1) is 13.8. The molecule has 0 unspecified atom stereocenters. The zero-order valence-electron chi connectivity index (χ0n) is 21.9. The van der Waals surface area contributed by atoms with Crippen molar-refractivity contribution in [1.29, 1.82) is 0 Å². The van der Waals surface area contributed by atoms with Crippen LogP contribution in [0.3, 0.4) is 0 Å². The molecule has 0 aromatic heterocycles. The van der Waals surface area contributed by atoms with Crippen LogP contribution in [0.25, 0.3) is 21.5 Å². The fraction of sp³-hybridized carbons (Fsp3) is 0.333. The molecule has 4 rings (SSSR count). The van der Waals surface area contributed by atoms with Crippen molar-refractivity contribution in [1.82, 2.24) is 0 Å². The van der Waals surface area contributed by atoms with Gasteiger partial charge in [-0.15, -0.1) is 69.1 Å². The molecule has 0 amide bonds. The Hall–Kier alpha value is -1.24. The molecular formula is C30H42SiZr. The van der Waals surface area contributed by atoms with E-state index in [0.29, 0.717) is 11.8 Å². The van der Waals surface area contributed by atoms with Crippen LogP contribution in [0.5, 0.6) is 0 Å². The van der Waals surface area contributed by atoms with Crippen molar-refractivity contribution in [3.05, 3.63) is 97.8 Å². The van der Waals surface area contributed by atoms with Gasteiger partial charge in [-0.3, -0.25) is 0 Å². The SMILES string of the molecule is C[Si]C.Cc1cc2c(C(C)C)cccc2[cH-]1.Cc1cc2c(C(C)C)cccc2[cH-]1.[CH3-].[CH3-].[Zr+4]. The molecule has 0 aliphatic carbocycles. The molecule has 4 aromatic carbocycles. The Bertz CT molecular complexity index is 950. The molecule has 0 saturated heterocycles. The van der Waals surface area contributed by atoms with E-state index in [1.165, 1.54) is 43.8 Å². The summed E-state index contributed by atoms with van der Waals surface area (Å²) in [6.45, 7) is 17.6. The van der Waals surface area contributed by atoms with Gasteiger partial charge in [-0.2, -0.15) is 12.1 Å². The fourth-order valence-corrected chi connectivity index (χ4v) is 3.82. The smallest absolute Gasteiger partial charge is 0.358 e. The van der Waals surface area contributed by atoms with Gasteiger partial charge in [-0.05, 0) is 11.8 Å². The van der Waals surface area contributed by atoms with Crippen LogP contribution in [-0.2, 0) is 26.2 Å². The van der Waals surface area contributed by atoms with Crippen molar-refractivity contribution in [2.75, 3.05) is 0 Å². The van der Waals surface area contributed by atoms with E-state index in [9.17, 15) is 0 Å². The van der Waals surface area contributed by atoms with Crippen LogP contribution in [0.1, 0.15) is 61.8 Å². The summed E-state index contributed by atoms with van der Waals surface area (Å²) < 4.78 is 0. The normalized spacial score (nSPS) is 9.81. The molecule has 0 saturated carbocycles. The summed E-state index contributed by atoms with van der Waals surface area (Å²) in [4.78, 5) is 0. The van der Waals surface area contributed by atoms with Gasteiger partial charge < -0.3 is 14.9 Å². The van der Waals surface area contributed by atoms with Gasteiger partial charge >= 0.3 is 26.2 Å². The van der Waals surface area contributed by atoms with E-state index < -0.39 is 0 Å². The van der Waals surface area contributed by atoms with Crippen LogP contribution in [0, 0.1) is 28.7 Å². The summed E-state index contributed by atoms with van der Waals surface area (Å²) in [7, 11) is 1.08. The van der Waals surface area contributed by atoms with E-state index in [1.54, 1.807) is 0 Å². The van der Waals surface area contributed by atoms with Gasteiger partial charge in [0.05, 0.1) is 0 Å². The van der Waals surface area contributed by atoms with Crippen molar-refractivity contribution < 1.29 is 26.2 Å². The predicted octanol–water partition coefficient (Wildman–Crippen LogP) is 9.67. The van der Waals surface area contributed by atoms with Gasteiger partial charge in [0.2, 0.25) is 0 Å². The molecule has 0 nitrogen and oxygen atoms in total. The van der Waals surface area contributed by atoms with E-state index in [2.05, 4.69) is 115 Å². The zero-order valence-corrected chi connectivity index (χ0v) is 25.4. The molecule has 0 bridgehead atoms. The van der Waals surface area contributed by atoms with Gasteiger partial charge in [0.15, 0.2) is 0 Å². The molecular weight excluding hydrogens is 480 g/mol. The first-order valence-corrected chi connectivity index (χ1v) is 12.7. The average molecular weight is 522 g/mol. The molecule has 0 aliphatic rings. The standard InChI is InChI=1S/2C13H15.C2H6Si.2CH3.Zr/c2*1-9(2)12-6-4-5-11-7-10(3)8-13(11)12;1-3-2;;;/h2*4-9H,1-3H3;1-2H3;2*1H3;/q2*-1;;2*-1;+4. The number of hydrogen-bond acceptors (Lipinski definition) is 0. The number of benzene rings is 2. The summed E-state index contributed by atoms with van der Waals surface area (Å²) in [6, 6.07) is 22.2. The summed E-state index contributed by atoms with van der Waals surface area (Å²) in [6.07, 6.45) is 0. The maximum Gasteiger partial charge on any atom is 4.00 e. The van der Waals surface area contributed by atoms with Crippen molar-refractivity contribution in [2.24, 2.45) is 0 Å². The Morgan fingerprint density at radius 1 is 0.656 bits per heavy atom. The van der Waals surface area contributed by atoms with E-state index in [1.807, 2.05) is 0 Å². The number of rotatable bonds is 2. The van der Waals surface area contributed by atoms with E-state index >= 15 is 0 Å². The molecule has 2 heteroatoms. The number of fused-ring (bicyclic) bond motifs is 2.